The first-order valence-electron chi connectivity index (χ1n) is 3.67. The zero-order valence-corrected chi connectivity index (χ0v) is 10.8. The third-order valence-electron chi connectivity index (χ3n) is 2.59. The maximum Gasteiger partial charge on any atom is 0.0867 e. The predicted octanol–water partition coefficient (Wildman–Crippen LogP) is -0.154. The number of aliphatic hydroxyl groups excluding tert-OH is 2. The standard InChI is InChI=1S/C8H11O3.U/c1-5-2-8(4-9)7(10)6(5)3-11-8;/h3,6-7,9-10H,1-2,4H2;/q-1;/t6-,7+,8-;/m1./s1. The minimum atomic E-state index is -0.762. The van der Waals surface area contributed by atoms with Gasteiger partial charge in [-0.05, 0) is 6.42 Å². The Hall–Kier alpha value is 0.672. The molecule has 12 heavy (non-hydrogen) atoms. The molecule has 0 radical (unpaired) electrons. The third kappa shape index (κ3) is 1.21. The van der Waals surface area contributed by atoms with E-state index in [0.717, 1.165) is 5.57 Å². The number of hydrogen-bond acceptors (Lipinski definition) is 3. The second-order valence-corrected chi connectivity index (χ2v) is 3.28. The van der Waals surface area contributed by atoms with Crippen LogP contribution in [0.1, 0.15) is 6.42 Å². The molecule has 0 aromatic rings. The van der Waals surface area contributed by atoms with Crippen LogP contribution in [0, 0.1) is 43.6 Å². The normalized spacial score (nSPS) is 44.7. The summed E-state index contributed by atoms with van der Waals surface area (Å²) in [6.45, 7) is 5.24. The van der Waals surface area contributed by atoms with Crippen molar-refractivity contribution < 1.29 is 46.1 Å². The molecule has 2 N–H and O–H groups in total. The van der Waals surface area contributed by atoms with Crippen LogP contribution in [-0.2, 0) is 4.74 Å². The third-order valence-corrected chi connectivity index (χ3v) is 2.59. The molecular weight excluding hydrogens is 382 g/mol. The van der Waals surface area contributed by atoms with Crippen molar-refractivity contribution in [2.75, 3.05) is 6.61 Å². The predicted molar refractivity (Wildman–Crippen MR) is 38.5 cm³/mol. The van der Waals surface area contributed by atoms with Crippen LogP contribution >= 0.6 is 0 Å². The zero-order valence-electron chi connectivity index (χ0n) is 6.66. The van der Waals surface area contributed by atoms with Crippen LogP contribution in [0.15, 0.2) is 12.2 Å². The van der Waals surface area contributed by atoms with E-state index in [1.807, 2.05) is 0 Å². The van der Waals surface area contributed by atoms with Gasteiger partial charge < -0.3 is 14.9 Å². The summed E-state index contributed by atoms with van der Waals surface area (Å²) >= 11 is 0. The topological polar surface area (TPSA) is 49.7 Å². The van der Waals surface area contributed by atoms with Gasteiger partial charge in [0.05, 0.1) is 18.3 Å². The van der Waals surface area contributed by atoms with E-state index in [9.17, 15) is 5.11 Å². The smallest absolute Gasteiger partial charge is 0.0867 e. The van der Waals surface area contributed by atoms with Crippen molar-refractivity contribution in [3.63, 3.8) is 0 Å². The molecule has 1 aliphatic heterocycles. The first-order valence-corrected chi connectivity index (χ1v) is 3.67. The van der Waals surface area contributed by atoms with Crippen LogP contribution < -0.4 is 0 Å². The molecule has 4 heteroatoms. The molecule has 1 saturated carbocycles. The van der Waals surface area contributed by atoms with Crippen LogP contribution in [0.4, 0.5) is 0 Å². The first kappa shape index (κ1) is 10.8. The summed E-state index contributed by atoms with van der Waals surface area (Å²) in [7, 11) is 0. The van der Waals surface area contributed by atoms with Crippen molar-refractivity contribution in [2.45, 2.75) is 18.1 Å². The van der Waals surface area contributed by atoms with Crippen molar-refractivity contribution in [1.82, 2.24) is 0 Å². The molecule has 1 heterocycles. The number of hydrogen-bond donors (Lipinski definition) is 2. The fraction of sp³-hybridized carbons (Fsp3) is 0.625. The second kappa shape index (κ2) is 3.44. The first-order chi connectivity index (χ1) is 5.19. The van der Waals surface area contributed by atoms with E-state index in [1.54, 1.807) is 6.61 Å². The zero-order chi connectivity index (χ0) is 8.06. The van der Waals surface area contributed by atoms with Gasteiger partial charge in [0.1, 0.15) is 0 Å². The molecule has 0 aromatic heterocycles. The van der Waals surface area contributed by atoms with Crippen LogP contribution in [0.3, 0.4) is 0 Å². The average molecular weight is 393 g/mol. The monoisotopic (exact) mass is 393 g/mol. The summed E-state index contributed by atoms with van der Waals surface area (Å²) in [6, 6.07) is 0. The van der Waals surface area contributed by atoms with Crippen molar-refractivity contribution in [2.24, 2.45) is 5.92 Å². The van der Waals surface area contributed by atoms with E-state index in [4.69, 9.17) is 9.84 Å². The van der Waals surface area contributed by atoms with Gasteiger partial charge in [0.15, 0.2) is 0 Å². The second-order valence-electron chi connectivity index (χ2n) is 3.28. The molecular formula is C8H11O3U-. The fourth-order valence-corrected chi connectivity index (χ4v) is 1.83. The molecule has 2 bridgehead atoms. The van der Waals surface area contributed by atoms with E-state index in [2.05, 4.69) is 6.58 Å². The van der Waals surface area contributed by atoms with Gasteiger partial charge in [-0.25, -0.2) is 6.61 Å². The van der Waals surface area contributed by atoms with Gasteiger partial charge in [-0.15, -0.1) is 6.58 Å². The molecule has 0 spiro atoms. The van der Waals surface area contributed by atoms with Crippen molar-refractivity contribution in [3.8, 4) is 0 Å². The van der Waals surface area contributed by atoms with Crippen molar-refractivity contribution in [1.29, 1.82) is 0 Å². The molecule has 0 aromatic carbocycles. The van der Waals surface area contributed by atoms with E-state index in [0.29, 0.717) is 6.42 Å². The molecule has 2 fully saturated rings. The van der Waals surface area contributed by atoms with Crippen LogP contribution in [0.2, 0.25) is 0 Å². The van der Waals surface area contributed by atoms with Crippen molar-refractivity contribution >= 4 is 0 Å². The van der Waals surface area contributed by atoms with E-state index in [-0.39, 0.29) is 43.6 Å². The summed E-state index contributed by atoms with van der Waals surface area (Å²) in [5.74, 6) is -0.0675. The molecule has 3 atom stereocenters. The summed E-state index contributed by atoms with van der Waals surface area (Å²) in [5.41, 5.74) is 0.194. The average Bonchev–Trinajstić information content (AvgIpc) is 2.42. The van der Waals surface area contributed by atoms with Gasteiger partial charge in [0.2, 0.25) is 0 Å². The number of aliphatic hydroxyl groups is 2. The fourth-order valence-electron chi connectivity index (χ4n) is 1.83. The maximum absolute atomic E-state index is 9.57. The van der Waals surface area contributed by atoms with E-state index in [1.165, 1.54) is 0 Å². The Kier molecular flexibility index (Phi) is 3.08. The Morgan fingerprint density at radius 1 is 1.75 bits per heavy atom. The largest absolute Gasteiger partial charge is 0.543 e. The molecule has 0 amide bonds. The Morgan fingerprint density at radius 3 is 2.67 bits per heavy atom. The Labute approximate surface area is 95.2 Å². The van der Waals surface area contributed by atoms with Gasteiger partial charge in [-0.3, -0.25) is 0 Å². The van der Waals surface area contributed by atoms with Gasteiger partial charge in [0.25, 0.3) is 0 Å². The summed E-state index contributed by atoms with van der Waals surface area (Å²) in [4.78, 5) is 0. The minimum absolute atomic E-state index is 0. The summed E-state index contributed by atoms with van der Waals surface area (Å²) in [5, 5.41) is 18.6. The van der Waals surface area contributed by atoms with E-state index < -0.39 is 11.7 Å². The van der Waals surface area contributed by atoms with Gasteiger partial charge in [-0.1, -0.05) is 11.5 Å². The van der Waals surface area contributed by atoms with E-state index >= 15 is 0 Å². The number of ether oxygens (including phenoxy) is 1. The maximum atomic E-state index is 9.57. The molecule has 1 saturated heterocycles. The molecule has 2 rings (SSSR count). The molecule has 1 aliphatic carbocycles. The SMILES string of the molecule is C=C1C[C@]2(CO)O[CH-][C@H]1[C@@H]2O.[U]. The van der Waals surface area contributed by atoms with Crippen LogP contribution in [-0.4, -0.2) is 28.5 Å². The Balaban J connectivity index is 0.000000720. The molecule has 2 aliphatic rings. The Bertz CT molecular complexity index is 206. The summed E-state index contributed by atoms with van der Waals surface area (Å²) < 4.78 is 5.19. The minimum Gasteiger partial charge on any atom is -0.543 e. The number of fused-ring (bicyclic) bond motifs is 2. The summed E-state index contributed by atoms with van der Waals surface area (Å²) in [6.07, 6.45) is -0.0220. The molecule has 0 unspecified atom stereocenters. The van der Waals surface area contributed by atoms with Crippen molar-refractivity contribution in [3.05, 3.63) is 18.8 Å². The van der Waals surface area contributed by atoms with Gasteiger partial charge in [-0.2, -0.15) is 0 Å². The quantitative estimate of drug-likeness (QED) is 0.481. The van der Waals surface area contributed by atoms with Gasteiger partial charge >= 0.3 is 0 Å². The molecule has 66 valence electrons. The van der Waals surface area contributed by atoms with Crippen LogP contribution in [0.25, 0.3) is 0 Å². The number of rotatable bonds is 1. The van der Waals surface area contributed by atoms with Gasteiger partial charge in [0, 0.05) is 31.1 Å². The molecule has 3 nitrogen and oxygen atoms in total. The van der Waals surface area contributed by atoms with Crippen LogP contribution in [0.5, 0.6) is 0 Å². The Morgan fingerprint density at radius 2 is 2.42 bits per heavy atom.